The van der Waals surface area contributed by atoms with Gasteiger partial charge in [-0.1, -0.05) is 71.4 Å². The minimum Gasteiger partial charge on any atom is -0.467 e. The van der Waals surface area contributed by atoms with Gasteiger partial charge in [-0.2, -0.15) is 15.2 Å². The summed E-state index contributed by atoms with van der Waals surface area (Å²) in [7, 11) is 0. The predicted octanol–water partition coefficient (Wildman–Crippen LogP) is 3.86. The van der Waals surface area contributed by atoms with Crippen molar-refractivity contribution in [2.45, 2.75) is 12.1 Å². The van der Waals surface area contributed by atoms with Gasteiger partial charge in [-0.05, 0) is 19.1 Å². The quantitative estimate of drug-likeness (QED) is 0.178. The van der Waals surface area contributed by atoms with Crippen LogP contribution in [-0.4, -0.2) is 46.6 Å². The van der Waals surface area contributed by atoms with Crippen molar-refractivity contribution >= 4 is 59.2 Å². The molecule has 2 N–H and O–H groups in total. The van der Waals surface area contributed by atoms with Gasteiger partial charge in [0.1, 0.15) is 0 Å². The van der Waals surface area contributed by atoms with Crippen LogP contribution in [0.1, 0.15) is 16.8 Å². The molecule has 2 amide bonds. The summed E-state index contributed by atoms with van der Waals surface area (Å²) in [5.41, 5.74) is 6.75. The van der Waals surface area contributed by atoms with E-state index >= 15 is 0 Å². The van der Waals surface area contributed by atoms with E-state index in [2.05, 4.69) is 31.0 Å². The van der Waals surface area contributed by atoms with E-state index in [1.807, 2.05) is 12.1 Å². The fourth-order valence-corrected chi connectivity index (χ4v) is 3.55. The Morgan fingerprint density at radius 2 is 1.51 bits per heavy atom. The zero-order chi connectivity index (χ0) is 25.0. The Kier molecular flexibility index (Phi) is 10.0. The van der Waals surface area contributed by atoms with E-state index in [0.29, 0.717) is 32.0 Å². The minimum absolute atomic E-state index is 0.0278. The second kappa shape index (κ2) is 13.4. The Morgan fingerprint density at radius 3 is 2.11 bits per heavy atom. The van der Waals surface area contributed by atoms with Crippen molar-refractivity contribution in [2.24, 2.45) is 10.2 Å². The monoisotopic (exact) mass is 530 g/mol. The number of hydrogen-bond donors (Lipinski definition) is 2. The summed E-state index contributed by atoms with van der Waals surface area (Å²) in [5.74, 6) is -0.599. The predicted molar refractivity (Wildman–Crippen MR) is 137 cm³/mol. The van der Waals surface area contributed by atoms with Crippen LogP contribution in [0.4, 0.5) is 0 Å². The maximum Gasteiger partial charge on any atom is 0.278 e. The van der Waals surface area contributed by atoms with Gasteiger partial charge in [-0.15, -0.1) is 0 Å². The zero-order valence-corrected chi connectivity index (χ0v) is 20.8. The number of aromatic nitrogens is 2. The fourth-order valence-electron chi connectivity index (χ4n) is 2.49. The molecule has 0 saturated heterocycles. The van der Waals surface area contributed by atoms with Gasteiger partial charge < -0.3 is 4.74 Å². The van der Waals surface area contributed by atoms with E-state index in [0.717, 1.165) is 11.8 Å². The van der Waals surface area contributed by atoms with E-state index < -0.39 is 5.91 Å². The Hall–Kier alpha value is -3.47. The molecule has 0 unspecified atom stereocenters. The SMILES string of the molecule is Cc1cc(OCC(=O)N/N=C/c2ccccc2Cl)nc(SCC(=O)N/N=C/c2ccccc2Cl)n1. The van der Waals surface area contributed by atoms with Gasteiger partial charge in [-0.3, -0.25) is 9.59 Å². The zero-order valence-electron chi connectivity index (χ0n) is 18.4. The average Bonchev–Trinajstić information content (AvgIpc) is 2.83. The summed E-state index contributed by atoms with van der Waals surface area (Å²) in [5, 5.41) is 9.12. The van der Waals surface area contributed by atoms with Gasteiger partial charge in [-0.25, -0.2) is 15.8 Å². The molecule has 3 rings (SSSR count). The van der Waals surface area contributed by atoms with Gasteiger partial charge in [0.05, 0.1) is 18.2 Å². The smallest absolute Gasteiger partial charge is 0.278 e. The Morgan fingerprint density at radius 1 is 0.943 bits per heavy atom. The summed E-state index contributed by atoms with van der Waals surface area (Å²) in [6.07, 6.45) is 2.90. The van der Waals surface area contributed by atoms with Gasteiger partial charge in [0.15, 0.2) is 11.8 Å². The highest BCUT2D eigenvalue weighted by atomic mass is 35.5. The normalized spacial score (nSPS) is 11.1. The summed E-state index contributed by atoms with van der Waals surface area (Å²) in [4.78, 5) is 32.5. The summed E-state index contributed by atoms with van der Waals surface area (Å²) in [6.45, 7) is 1.44. The third-order valence-electron chi connectivity index (χ3n) is 4.09. The lowest BCUT2D eigenvalue weighted by Gasteiger charge is -2.07. The third kappa shape index (κ3) is 9.01. The molecule has 180 valence electrons. The van der Waals surface area contributed by atoms with Gasteiger partial charge in [0.25, 0.3) is 11.8 Å². The number of ether oxygens (including phenoxy) is 1. The molecule has 2 aromatic carbocycles. The second-order valence-corrected chi connectivity index (χ2v) is 8.59. The Bertz CT molecular complexity index is 1160. The van der Waals surface area contributed by atoms with Crippen LogP contribution in [0.15, 0.2) is 70.0 Å². The van der Waals surface area contributed by atoms with Crippen molar-refractivity contribution < 1.29 is 14.3 Å². The molecule has 0 aliphatic carbocycles. The number of hydrazone groups is 2. The molecule has 12 heteroatoms. The molecule has 0 radical (unpaired) electrons. The lowest BCUT2D eigenvalue weighted by molar-refractivity contribution is -0.123. The number of aryl methyl sites for hydroxylation is 1. The standard InChI is InChI=1S/C23H20Cl2N6O3S/c1-15-10-22(34-13-20(32)30-26-11-16-6-2-4-8-18(16)24)29-23(28-15)35-14-21(33)31-27-12-17-7-3-5-9-19(17)25/h2-12H,13-14H2,1H3,(H,30,32)(H,31,33)/b26-11+,27-12+. The van der Waals surface area contributed by atoms with Crippen molar-refractivity contribution in [2.75, 3.05) is 12.4 Å². The molecular weight excluding hydrogens is 511 g/mol. The van der Waals surface area contributed by atoms with Crippen molar-refractivity contribution in [1.29, 1.82) is 0 Å². The first kappa shape index (κ1) is 26.1. The number of hydrogen-bond acceptors (Lipinski definition) is 8. The molecule has 0 aliphatic heterocycles. The average molecular weight is 531 g/mol. The van der Waals surface area contributed by atoms with Crippen LogP contribution in [0.3, 0.4) is 0 Å². The van der Waals surface area contributed by atoms with Crippen molar-refractivity contribution in [3.63, 3.8) is 0 Å². The molecule has 0 spiro atoms. The molecule has 0 atom stereocenters. The summed E-state index contributed by atoms with van der Waals surface area (Å²) >= 11 is 13.2. The van der Waals surface area contributed by atoms with Gasteiger partial charge >= 0.3 is 0 Å². The number of carbonyl (C=O) groups is 2. The molecule has 3 aromatic rings. The Labute approximate surface area is 216 Å². The van der Waals surface area contributed by atoms with Gasteiger partial charge in [0, 0.05) is 32.9 Å². The largest absolute Gasteiger partial charge is 0.467 e. The minimum atomic E-state index is -0.477. The van der Waals surface area contributed by atoms with Crippen molar-refractivity contribution in [3.8, 4) is 5.88 Å². The summed E-state index contributed by atoms with van der Waals surface area (Å²) < 4.78 is 5.43. The summed E-state index contributed by atoms with van der Waals surface area (Å²) in [6, 6.07) is 15.8. The van der Waals surface area contributed by atoms with Crippen LogP contribution in [0.25, 0.3) is 0 Å². The second-order valence-electron chi connectivity index (χ2n) is 6.84. The number of thioether (sulfide) groups is 1. The first-order valence-electron chi connectivity index (χ1n) is 10.1. The van der Waals surface area contributed by atoms with Crippen LogP contribution >= 0.6 is 35.0 Å². The first-order valence-corrected chi connectivity index (χ1v) is 11.9. The highest BCUT2D eigenvalue weighted by Gasteiger charge is 2.09. The van der Waals surface area contributed by atoms with E-state index in [1.54, 1.807) is 49.4 Å². The van der Waals surface area contributed by atoms with E-state index in [9.17, 15) is 9.59 Å². The molecule has 0 aliphatic rings. The fraction of sp³-hybridized carbons (Fsp3) is 0.130. The van der Waals surface area contributed by atoms with Gasteiger partial charge in [0.2, 0.25) is 5.88 Å². The third-order valence-corrected chi connectivity index (χ3v) is 5.63. The first-order chi connectivity index (χ1) is 16.9. The number of rotatable bonds is 10. The van der Waals surface area contributed by atoms with E-state index in [4.69, 9.17) is 27.9 Å². The number of halogens is 2. The Balaban J connectivity index is 1.45. The van der Waals surface area contributed by atoms with Crippen LogP contribution in [0.2, 0.25) is 10.0 Å². The number of nitrogens with one attached hydrogen (secondary N) is 2. The molecule has 0 saturated carbocycles. The van der Waals surface area contributed by atoms with E-state index in [1.165, 1.54) is 12.4 Å². The lowest BCUT2D eigenvalue weighted by Crippen LogP contribution is -2.25. The highest BCUT2D eigenvalue weighted by molar-refractivity contribution is 7.99. The van der Waals surface area contributed by atoms with Crippen LogP contribution < -0.4 is 15.6 Å². The number of amides is 2. The number of carbonyl (C=O) groups excluding carboxylic acids is 2. The maximum atomic E-state index is 12.1. The molecule has 0 bridgehead atoms. The highest BCUT2D eigenvalue weighted by Crippen LogP contribution is 2.18. The molecule has 0 fully saturated rings. The van der Waals surface area contributed by atoms with Crippen LogP contribution in [0, 0.1) is 6.92 Å². The number of nitrogens with zero attached hydrogens (tertiary/aromatic N) is 4. The van der Waals surface area contributed by atoms with Crippen molar-refractivity contribution in [1.82, 2.24) is 20.8 Å². The topological polar surface area (TPSA) is 118 Å². The van der Waals surface area contributed by atoms with Crippen LogP contribution in [0.5, 0.6) is 5.88 Å². The molecule has 1 aromatic heterocycles. The molecule has 9 nitrogen and oxygen atoms in total. The molecular formula is C23H20Cl2N6O3S. The molecule has 1 heterocycles. The number of benzene rings is 2. The maximum absolute atomic E-state index is 12.1. The molecule has 35 heavy (non-hydrogen) atoms. The van der Waals surface area contributed by atoms with Crippen LogP contribution in [-0.2, 0) is 9.59 Å². The van der Waals surface area contributed by atoms with E-state index in [-0.39, 0.29) is 24.1 Å². The lowest BCUT2D eigenvalue weighted by atomic mass is 10.2. The van der Waals surface area contributed by atoms with Crippen molar-refractivity contribution in [3.05, 3.63) is 81.5 Å².